The summed E-state index contributed by atoms with van der Waals surface area (Å²) in [4.78, 5) is 1.83. The van der Waals surface area contributed by atoms with Gasteiger partial charge in [-0.15, -0.1) is 11.6 Å². The van der Waals surface area contributed by atoms with Crippen LogP contribution < -0.4 is 0 Å². The first kappa shape index (κ1) is 14.4. The van der Waals surface area contributed by atoms with Gasteiger partial charge in [0.2, 0.25) is 0 Å². The number of hydrogen-bond donors (Lipinski definition) is 0. The second-order valence-electron chi connectivity index (χ2n) is 3.66. The maximum absolute atomic E-state index is 11.8. The first-order valence-electron chi connectivity index (χ1n) is 4.17. The molecule has 0 atom stereocenters. The Morgan fingerprint density at radius 3 is 2.14 bits per heavy atom. The van der Waals surface area contributed by atoms with Gasteiger partial charge < -0.3 is 0 Å². The average Bonchev–Trinajstić information content (AvgIpc) is 2.02. The first-order chi connectivity index (χ1) is 6.19. The summed E-state index contributed by atoms with van der Waals surface area (Å²) in [6.45, 7) is 4.18. The van der Waals surface area contributed by atoms with Gasteiger partial charge in [-0.2, -0.15) is 13.2 Å². The van der Waals surface area contributed by atoms with Crippen LogP contribution in [0.15, 0.2) is 0 Å². The summed E-state index contributed by atoms with van der Waals surface area (Å²) in [6.07, 6.45) is 0. The zero-order valence-electron chi connectivity index (χ0n) is 8.49. The lowest BCUT2D eigenvalue weighted by molar-refractivity contribution is -0.0329. The Balaban J connectivity index is 3.80. The molecule has 0 heterocycles. The molecule has 0 saturated carbocycles. The SMILES string of the molecule is CN(CCSC(F)(F)F)C(C)(C)CCl. The molecule has 0 spiro atoms. The minimum atomic E-state index is -4.13. The van der Waals surface area contributed by atoms with Crippen LogP contribution in [-0.2, 0) is 0 Å². The lowest BCUT2D eigenvalue weighted by atomic mass is 10.1. The van der Waals surface area contributed by atoms with Crippen molar-refractivity contribution in [2.75, 3.05) is 25.2 Å². The average molecular weight is 250 g/mol. The minimum Gasteiger partial charge on any atom is -0.299 e. The van der Waals surface area contributed by atoms with E-state index in [1.54, 1.807) is 7.05 Å². The summed E-state index contributed by atoms with van der Waals surface area (Å²) in [5, 5.41) is 0. The van der Waals surface area contributed by atoms with Crippen molar-refractivity contribution in [1.29, 1.82) is 0 Å². The van der Waals surface area contributed by atoms with Crippen molar-refractivity contribution in [2.24, 2.45) is 0 Å². The molecule has 0 aromatic heterocycles. The fraction of sp³-hybridized carbons (Fsp3) is 1.00. The number of alkyl halides is 4. The maximum atomic E-state index is 11.8. The van der Waals surface area contributed by atoms with E-state index in [1.807, 2.05) is 18.7 Å². The highest BCUT2D eigenvalue weighted by atomic mass is 35.5. The third-order valence-electron chi connectivity index (χ3n) is 2.05. The number of rotatable bonds is 5. The predicted octanol–water partition coefficient (Wildman–Crippen LogP) is 3.19. The summed E-state index contributed by atoms with van der Waals surface area (Å²) < 4.78 is 35.4. The van der Waals surface area contributed by atoms with Crippen molar-refractivity contribution >= 4 is 23.4 Å². The van der Waals surface area contributed by atoms with Gasteiger partial charge in [0.05, 0.1) is 0 Å². The second kappa shape index (κ2) is 5.47. The van der Waals surface area contributed by atoms with Crippen LogP contribution in [0.5, 0.6) is 0 Å². The number of nitrogens with zero attached hydrogens (tertiary/aromatic N) is 1. The van der Waals surface area contributed by atoms with Gasteiger partial charge in [0.25, 0.3) is 0 Å². The van der Waals surface area contributed by atoms with Gasteiger partial charge in [-0.3, -0.25) is 4.90 Å². The van der Waals surface area contributed by atoms with Gasteiger partial charge in [0.15, 0.2) is 0 Å². The van der Waals surface area contributed by atoms with Crippen LogP contribution in [0.3, 0.4) is 0 Å². The molecule has 0 unspecified atom stereocenters. The van der Waals surface area contributed by atoms with Crippen LogP contribution in [0.25, 0.3) is 0 Å². The largest absolute Gasteiger partial charge is 0.441 e. The van der Waals surface area contributed by atoms with E-state index in [9.17, 15) is 13.2 Å². The Labute approximate surface area is 92.0 Å². The molecule has 0 aromatic carbocycles. The molecule has 86 valence electrons. The molecule has 1 nitrogen and oxygen atoms in total. The molecule has 0 aliphatic heterocycles. The molecular formula is C8H15ClF3NS. The van der Waals surface area contributed by atoms with Gasteiger partial charge in [-0.05, 0) is 32.7 Å². The Bertz CT molecular complexity index is 172. The van der Waals surface area contributed by atoms with Gasteiger partial charge in [0, 0.05) is 23.7 Å². The van der Waals surface area contributed by atoms with E-state index in [2.05, 4.69) is 0 Å². The molecule has 0 rings (SSSR count). The Morgan fingerprint density at radius 1 is 1.29 bits per heavy atom. The van der Waals surface area contributed by atoms with E-state index in [-0.39, 0.29) is 23.1 Å². The van der Waals surface area contributed by atoms with E-state index < -0.39 is 5.51 Å². The third kappa shape index (κ3) is 5.98. The summed E-state index contributed by atoms with van der Waals surface area (Å²) in [6, 6.07) is 0. The number of hydrogen-bond acceptors (Lipinski definition) is 2. The predicted molar refractivity (Wildman–Crippen MR) is 55.9 cm³/mol. The summed E-state index contributed by atoms with van der Waals surface area (Å²) >= 11 is 5.69. The molecule has 0 aromatic rings. The minimum absolute atomic E-state index is 0.00375. The molecule has 0 fully saturated rings. The molecule has 0 amide bonds. The smallest absolute Gasteiger partial charge is 0.299 e. The summed E-state index contributed by atoms with van der Waals surface area (Å²) in [7, 11) is 1.78. The monoisotopic (exact) mass is 249 g/mol. The van der Waals surface area contributed by atoms with Crippen molar-refractivity contribution in [3.8, 4) is 0 Å². The molecule has 0 bridgehead atoms. The Morgan fingerprint density at radius 2 is 1.79 bits per heavy atom. The summed E-state index contributed by atoms with van der Waals surface area (Å²) in [5.74, 6) is 0.445. The lowest BCUT2D eigenvalue weighted by Crippen LogP contribution is -2.43. The third-order valence-corrected chi connectivity index (χ3v) is 3.42. The van der Waals surface area contributed by atoms with E-state index >= 15 is 0 Å². The van der Waals surface area contributed by atoms with Crippen molar-refractivity contribution in [3.63, 3.8) is 0 Å². The van der Waals surface area contributed by atoms with Crippen LogP contribution in [0.2, 0.25) is 0 Å². The number of halogens is 4. The Hall–Kier alpha value is 0.390. The lowest BCUT2D eigenvalue weighted by Gasteiger charge is -2.33. The normalized spacial score (nSPS) is 13.7. The second-order valence-corrected chi connectivity index (χ2v) is 5.09. The molecule has 0 aliphatic carbocycles. The van der Waals surface area contributed by atoms with E-state index in [0.29, 0.717) is 12.4 Å². The summed E-state index contributed by atoms with van der Waals surface area (Å²) in [5.41, 5.74) is -4.39. The molecular weight excluding hydrogens is 235 g/mol. The van der Waals surface area contributed by atoms with E-state index in [0.717, 1.165) is 0 Å². The molecule has 14 heavy (non-hydrogen) atoms. The maximum Gasteiger partial charge on any atom is 0.441 e. The van der Waals surface area contributed by atoms with Crippen LogP contribution in [0, 0.1) is 0 Å². The molecule has 0 aliphatic rings. The molecule has 0 N–H and O–H groups in total. The highest BCUT2D eigenvalue weighted by Crippen LogP contribution is 2.30. The Kier molecular flexibility index (Phi) is 5.62. The van der Waals surface area contributed by atoms with E-state index in [1.165, 1.54) is 0 Å². The van der Waals surface area contributed by atoms with Gasteiger partial charge in [0.1, 0.15) is 0 Å². The fourth-order valence-corrected chi connectivity index (χ4v) is 1.50. The first-order valence-corrected chi connectivity index (χ1v) is 5.69. The molecule has 0 radical (unpaired) electrons. The van der Waals surface area contributed by atoms with Gasteiger partial charge >= 0.3 is 5.51 Å². The molecule has 6 heteroatoms. The highest BCUT2D eigenvalue weighted by Gasteiger charge is 2.29. The van der Waals surface area contributed by atoms with Gasteiger partial charge in [-0.1, -0.05) is 0 Å². The standard InChI is InChI=1S/C8H15ClF3NS/c1-7(2,6-9)13(3)4-5-14-8(10,11)12/h4-6H2,1-3H3. The quantitative estimate of drug-likeness (QED) is 0.689. The fourth-order valence-electron chi connectivity index (χ4n) is 0.703. The van der Waals surface area contributed by atoms with Crippen molar-refractivity contribution in [2.45, 2.75) is 24.9 Å². The van der Waals surface area contributed by atoms with Crippen molar-refractivity contribution < 1.29 is 13.2 Å². The van der Waals surface area contributed by atoms with Crippen LogP contribution in [-0.4, -0.2) is 41.2 Å². The van der Waals surface area contributed by atoms with Crippen LogP contribution >= 0.6 is 23.4 Å². The highest BCUT2D eigenvalue weighted by molar-refractivity contribution is 8.00. The molecule has 0 saturated heterocycles. The van der Waals surface area contributed by atoms with Crippen molar-refractivity contribution in [3.05, 3.63) is 0 Å². The van der Waals surface area contributed by atoms with Crippen LogP contribution in [0.4, 0.5) is 13.2 Å². The van der Waals surface area contributed by atoms with Crippen molar-refractivity contribution in [1.82, 2.24) is 4.90 Å². The number of thioether (sulfide) groups is 1. The topological polar surface area (TPSA) is 3.24 Å². The van der Waals surface area contributed by atoms with Gasteiger partial charge in [-0.25, -0.2) is 0 Å². The van der Waals surface area contributed by atoms with E-state index in [4.69, 9.17) is 11.6 Å². The zero-order valence-corrected chi connectivity index (χ0v) is 10.1. The zero-order chi connectivity index (χ0) is 11.4. The van der Waals surface area contributed by atoms with Crippen LogP contribution in [0.1, 0.15) is 13.8 Å².